The number of carboxylic acids is 2. The van der Waals surface area contributed by atoms with Crippen LogP contribution in [0.25, 0.3) is 10.4 Å². The Kier molecular flexibility index (Phi) is 8.65. The van der Waals surface area contributed by atoms with Crippen LogP contribution in [0.15, 0.2) is 48.5 Å². The molecule has 0 spiro atoms. The van der Waals surface area contributed by atoms with Gasteiger partial charge >= 0.3 is 11.9 Å². The van der Waals surface area contributed by atoms with Gasteiger partial charge in [0.1, 0.15) is 11.5 Å². The van der Waals surface area contributed by atoms with E-state index >= 15 is 0 Å². The molecule has 3 aromatic rings. The molecule has 1 atom stereocenters. The molecule has 200 valence electrons. The summed E-state index contributed by atoms with van der Waals surface area (Å²) < 4.78 is 11.6. The van der Waals surface area contributed by atoms with Gasteiger partial charge in [-0.25, -0.2) is 9.59 Å². The minimum Gasteiger partial charge on any atom is -0.480 e. The minimum absolute atomic E-state index is 0.0158. The number of rotatable bonds is 10. The number of amides is 1. The van der Waals surface area contributed by atoms with E-state index in [2.05, 4.69) is 10.6 Å². The zero-order valence-corrected chi connectivity index (χ0v) is 22.0. The number of hydrogen-bond acceptors (Lipinski definition) is 7. The van der Waals surface area contributed by atoms with Crippen LogP contribution in [0.4, 0.5) is 5.69 Å². The second-order valence-electron chi connectivity index (χ2n) is 9.16. The summed E-state index contributed by atoms with van der Waals surface area (Å²) in [6, 6.07) is 14.7. The van der Waals surface area contributed by atoms with Crippen LogP contribution in [0.5, 0.6) is 11.5 Å². The highest BCUT2D eigenvalue weighted by Gasteiger charge is 2.32. The summed E-state index contributed by atoms with van der Waals surface area (Å²) in [6.07, 6.45) is 0.865. The zero-order chi connectivity index (χ0) is 27.2. The highest BCUT2D eigenvalue weighted by Crippen LogP contribution is 2.42. The maximum absolute atomic E-state index is 13.4. The number of aryl methyl sites for hydroxylation is 1. The molecule has 2 aromatic carbocycles. The molecule has 10 heteroatoms. The number of para-hydroxylation sites is 1. The van der Waals surface area contributed by atoms with E-state index in [0.29, 0.717) is 21.8 Å². The number of carboxylic acid groups (broad SMARTS) is 2. The van der Waals surface area contributed by atoms with Crippen molar-refractivity contribution in [2.45, 2.75) is 32.8 Å². The number of piperidine rings is 1. The lowest BCUT2D eigenvalue weighted by Crippen LogP contribution is -2.44. The fourth-order valence-electron chi connectivity index (χ4n) is 4.51. The Labute approximate surface area is 224 Å². The number of aliphatic carboxylic acids is 1. The van der Waals surface area contributed by atoms with Crippen LogP contribution < -0.4 is 20.1 Å². The molecule has 0 aliphatic carbocycles. The van der Waals surface area contributed by atoms with Crippen LogP contribution in [-0.4, -0.2) is 53.9 Å². The second kappa shape index (κ2) is 12.1. The fraction of sp³-hybridized carbons (Fsp3) is 0.321. The third-order valence-electron chi connectivity index (χ3n) is 6.46. The van der Waals surface area contributed by atoms with Gasteiger partial charge in [0, 0.05) is 22.0 Å². The Bertz CT molecular complexity index is 1330. The molecule has 1 fully saturated rings. The van der Waals surface area contributed by atoms with Crippen molar-refractivity contribution in [3.05, 3.63) is 64.5 Å². The predicted octanol–water partition coefficient (Wildman–Crippen LogP) is 4.58. The predicted molar refractivity (Wildman–Crippen MR) is 144 cm³/mol. The van der Waals surface area contributed by atoms with E-state index in [9.17, 15) is 19.5 Å². The van der Waals surface area contributed by atoms with E-state index in [1.165, 1.54) is 0 Å². The van der Waals surface area contributed by atoms with Crippen LogP contribution in [0.2, 0.25) is 0 Å². The number of ether oxygens (including phenoxy) is 2. The number of nitrogens with one attached hydrogen (secondary N) is 2. The average Bonchev–Trinajstić information content (AvgIpc) is 3.24. The molecule has 1 amide bonds. The van der Waals surface area contributed by atoms with Crippen molar-refractivity contribution < 1.29 is 34.1 Å². The Morgan fingerprint density at radius 2 is 1.82 bits per heavy atom. The van der Waals surface area contributed by atoms with Crippen molar-refractivity contribution in [2.24, 2.45) is 5.92 Å². The molecule has 0 bridgehead atoms. The zero-order valence-electron chi connectivity index (χ0n) is 21.2. The van der Waals surface area contributed by atoms with Gasteiger partial charge in [-0.15, -0.1) is 11.3 Å². The SMILES string of the molecule is Cc1ccccc1NC(=O)C(Oc1cccc(-c2sc(C(=O)O)c(OCC(=O)O)c2C)c1)C1CCNCC1. The average molecular weight is 539 g/mol. The van der Waals surface area contributed by atoms with E-state index in [0.717, 1.165) is 48.5 Å². The van der Waals surface area contributed by atoms with E-state index in [1.54, 1.807) is 25.1 Å². The molecule has 0 radical (unpaired) electrons. The molecule has 1 aliphatic heterocycles. The van der Waals surface area contributed by atoms with Crippen LogP contribution in [-0.2, 0) is 9.59 Å². The van der Waals surface area contributed by atoms with Gasteiger partial charge in [0.15, 0.2) is 17.6 Å². The number of aromatic carboxylic acids is 1. The van der Waals surface area contributed by atoms with Crippen molar-refractivity contribution >= 4 is 34.9 Å². The van der Waals surface area contributed by atoms with Gasteiger partial charge in [-0.05, 0) is 69.1 Å². The van der Waals surface area contributed by atoms with Gasteiger partial charge in [0.05, 0.1) is 0 Å². The summed E-state index contributed by atoms with van der Waals surface area (Å²) in [5, 5.41) is 25.0. The number of hydrogen-bond donors (Lipinski definition) is 4. The number of anilines is 1. The fourth-order valence-corrected chi connectivity index (χ4v) is 5.59. The third kappa shape index (κ3) is 6.32. The van der Waals surface area contributed by atoms with E-state index < -0.39 is 24.6 Å². The van der Waals surface area contributed by atoms with Crippen molar-refractivity contribution in [3.8, 4) is 21.9 Å². The molecule has 1 saturated heterocycles. The Morgan fingerprint density at radius 1 is 1.08 bits per heavy atom. The van der Waals surface area contributed by atoms with Crippen molar-refractivity contribution in [1.29, 1.82) is 0 Å². The molecule has 2 heterocycles. The van der Waals surface area contributed by atoms with Crippen molar-refractivity contribution in [2.75, 3.05) is 25.0 Å². The molecular formula is C28H30N2O7S. The summed E-state index contributed by atoms with van der Waals surface area (Å²) in [5.41, 5.74) is 2.90. The summed E-state index contributed by atoms with van der Waals surface area (Å²) in [7, 11) is 0. The first-order chi connectivity index (χ1) is 18.2. The first-order valence-corrected chi connectivity index (χ1v) is 13.1. The van der Waals surface area contributed by atoms with Gasteiger partial charge < -0.3 is 30.3 Å². The van der Waals surface area contributed by atoms with E-state index in [-0.39, 0.29) is 22.5 Å². The molecule has 1 unspecified atom stereocenters. The van der Waals surface area contributed by atoms with Crippen molar-refractivity contribution in [1.82, 2.24) is 5.32 Å². The first-order valence-electron chi connectivity index (χ1n) is 12.3. The lowest BCUT2D eigenvalue weighted by molar-refractivity contribution is -0.139. The monoisotopic (exact) mass is 538 g/mol. The second-order valence-corrected chi connectivity index (χ2v) is 10.2. The van der Waals surface area contributed by atoms with Gasteiger partial charge in [-0.1, -0.05) is 30.3 Å². The Hall–Kier alpha value is -3.89. The summed E-state index contributed by atoms with van der Waals surface area (Å²) >= 11 is 1.00. The molecule has 0 saturated carbocycles. The van der Waals surface area contributed by atoms with Gasteiger partial charge in [0.25, 0.3) is 5.91 Å². The standard InChI is InChI=1S/C28H30N2O7S/c1-16-6-3-4-9-21(16)30-27(33)24(18-10-12-29-13-11-18)37-20-8-5-7-19(14-20)25-17(2)23(36-15-22(31)32)26(38-25)28(34)35/h3-9,14,18,24,29H,10-13,15H2,1-2H3,(H,30,33)(H,31,32)(H,34,35). The quantitative estimate of drug-likeness (QED) is 0.295. The highest BCUT2D eigenvalue weighted by molar-refractivity contribution is 7.18. The van der Waals surface area contributed by atoms with Crippen LogP contribution in [0.1, 0.15) is 33.6 Å². The van der Waals surface area contributed by atoms with Gasteiger partial charge in [-0.2, -0.15) is 0 Å². The normalized spacial score (nSPS) is 14.5. The molecule has 9 nitrogen and oxygen atoms in total. The highest BCUT2D eigenvalue weighted by atomic mass is 32.1. The number of thiophene rings is 1. The smallest absolute Gasteiger partial charge is 0.349 e. The summed E-state index contributed by atoms with van der Waals surface area (Å²) in [5.74, 6) is -2.09. The maximum atomic E-state index is 13.4. The summed E-state index contributed by atoms with van der Waals surface area (Å²) in [4.78, 5) is 36.8. The van der Waals surface area contributed by atoms with Crippen molar-refractivity contribution in [3.63, 3.8) is 0 Å². The third-order valence-corrected chi connectivity index (χ3v) is 7.77. The van der Waals surface area contributed by atoms with Crippen LogP contribution in [0, 0.1) is 19.8 Å². The Balaban J connectivity index is 1.63. The largest absolute Gasteiger partial charge is 0.480 e. The van der Waals surface area contributed by atoms with Gasteiger partial charge in [-0.3, -0.25) is 4.79 Å². The maximum Gasteiger partial charge on any atom is 0.349 e. The van der Waals surface area contributed by atoms with E-state index in [1.807, 2.05) is 37.3 Å². The first kappa shape index (κ1) is 27.2. The molecule has 1 aromatic heterocycles. The Morgan fingerprint density at radius 3 is 2.50 bits per heavy atom. The number of carbonyl (C=O) groups is 3. The molecular weight excluding hydrogens is 508 g/mol. The summed E-state index contributed by atoms with van der Waals surface area (Å²) in [6.45, 7) is 4.58. The van der Waals surface area contributed by atoms with Crippen LogP contribution in [0.3, 0.4) is 0 Å². The van der Waals surface area contributed by atoms with E-state index in [4.69, 9.17) is 14.6 Å². The van der Waals surface area contributed by atoms with Gasteiger partial charge in [0.2, 0.25) is 0 Å². The lowest BCUT2D eigenvalue weighted by atomic mass is 9.91. The number of benzene rings is 2. The number of carbonyl (C=O) groups excluding carboxylic acids is 1. The topological polar surface area (TPSA) is 134 Å². The minimum atomic E-state index is -1.20. The van der Waals surface area contributed by atoms with Crippen LogP contribution >= 0.6 is 11.3 Å². The molecule has 38 heavy (non-hydrogen) atoms. The lowest BCUT2D eigenvalue weighted by Gasteiger charge is -2.30. The molecule has 4 rings (SSSR count). The molecule has 4 N–H and O–H groups in total. The molecule has 1 aliphatic rings.